The first-order valence-corrected chi connectivity index (χ1v) is 9.27. The van der Waals surface area contributed by atoms with E-state index in [1.54, 1.807) is 12.4 Å². The first kappa shape index (κ1) is 18.6. The summed E-state index contributed by atoms with van der Waals surface area (Å²) in [6.07, 6.45) is 2.65. The highest BCUT2D eigenvalue weighted by molar-refractivity contribution is 6.09. The van der Waals surface area contributed by atoms with Crippen molar-refractivity contribution >= 4 is 35.6 Å². The van der Waals surface area contributed by atoms with Gasteiger partial charge in [-0.3, -0.25) is 4.79 Å². The average molecular weight is 384 g/mol. The molecule has 2 aliphatic rings. The quantitative estimate of drug-likeness (QED) is 0.672. The fraction of sp³-hybridized carbons (Fsp3) is 0.0870. The maximum Gasteiger partial charge on any atom is 0.255 e. The van der Waals surface area contributed by atoms with Gasteiger partial charge in [0.25, 0.3) is 5.91 Å². The van der Waals surface area contributed by atoms with E-state index >= 15 is 0 Å². The maximum absolute atomic E-state index is 11.6. The summed E-state index contributed by atoms with van der Waals surface area (Å²) in [7, 11) is 0. The Morgan fingerprint density at radius 2 is 1.83 bits per heavy atom. The molecule has 0 aromatic heterocycles. The van der Waals surface area contributed by atoms with Crippen LogP contribution in [-0.2, 0) is 11.3 Å². The first-order chi connectivity index (χ1) is 14.2. The Labute approximate surface area is 168 Å². The van der Waals surface area contributed by atoms with E-state index in [0.29, 0.717) is 6.54 Å². The summed E-state index contributed by atoms with van der Waals surface area (Å²) in [5, 5.41) is 2.68. The van der Waals surface area contributed by atoms with Gasteiger partial charge in [-0.15, -0.1) is 0 Å². The molecule has 1 amide bonds. The van der Waals surface area contributed by atoms with Crippen molar-refractivity contribution in [3.05, 3.63) is 89.5 Å². The van der Waals surface area contributed by atoms with E-state index in [9.17, 15) is 9.59 Å². The van der Waals surface area contributed by atoms with E-state index in [4.69, 9.17) is 5.73 Å². The highest BCUT2D eigenvalue weighted by Gasteiger charge is 2.26. The van der Waals surface area contributed by atoms with Crippen molar-refractivity contribution in [3.63, 3.8) is 0 Å². The summed E-state index contributed by atoms with van der Waals surface area (Å²) in [5.41, 5.74) is 11.1. The number of hydrogen-bond acceptors (Lipinski definition) is 5. The SMILES string of the molecule is NCc1ccccc1N1C=Nc2ccccc2C1C=O.O=C1Nc2cccc1c2. The number of aldehydes is 1. The van der Waals surface area contributed by atoms with Gasteiger partial charge in [0.15, 0.2) is 0 Å². The Hall–Kier alpha value is -3.77. The van der Waals surface area contributed by atoms with Crippen LogP contribution in [0.4, 0.5) is 17.1 Å². The lowest BCUT2D eigenvalue weighted by molar-refractivity contribution is -0.108. The molecule has 0 fully saturated rings. The predicted molar refractivity (Wildman–Crippen MR) is 115 cm³/mol. The third-order valence-electron chi connectivity index (χ3n) is 4.88. The second-order valence-corrected chi connectivity index (χ2v) is 6.66. The van der Waals surface area contributed by atoms with Crippen LogP contribution in [0.3, 0.4) is 0 Å². The van der Waals surface area contributed by atoms with Crippen LogP contribution in [0, 0.1) is 0 Å². The topological polar surface area (TPSA) is 87.8 Å². The van der Waals surface area contributed by atoms with E-state index in [1.165, 1.54) is 0 Å². The molecule has 144 valence electrons. The van der Waals surface area contributed by atoms with Gasteiger partial charge in [-0.05, 0) is 35.9 Å². The van der Waals surface area contributed by atoms with Crippen LogP contribution in [0.15, 0.2) is 77.8 Å². The van der Waals surface area contributed by atoms with Gasteiger partial charge in [-0.25, -0.2) is 4.99 Å². The summed E-state index contributed by atoms with van der Waals surface area (Å²) < 4.78 is 0. The Bertz CT molecular complexity index is 1090. The molecule has 2 bridgehead atoms. The number of nitrogens with one attached hydrogen (secondary N) is 1. The Morgan fingerprint density at radius 1 is 1.03 bits per heavy atom. The molecule has 0 saturated heterocycles. The zero-order chi connectivity index (χ0) is 20.2. The minimum atomic E-state index is -0.364. The predicted octanol–water partition coefficient (Wildman–Crippen LogP) is 3.82. The number of carbonyl (C=O) groups excluding carboxylic acids is 2. The number of amides is 1. The lowest BCUT2D eigenvalue weighted by atomic mass is 10.0. The smallest absolute Gasteiger partial charge is 0.255 e. The number of nitrogens with two attached hydrogens (primary N) is 1. The van der Waals surface area contributed by atoms with Crippen LogP contribution in [0.2, 0.25) is 0 Å². The number of benzene rings is 3. The van der Waals surface area contributed by atoms with E-state index in [2.05, 4.69) is 10.3 Å². The molecular weight excluding hydrogens is 364 g/mol. The van der Waals surface area contributed by atoms with Crippen LogP contribution >= 0.6 is 0 Å². The molecule has 0 aliphatic carbocycles. The molecule has 1 atom stereocenters. The molecule has 6 heteroatoms. The summed E-state index contributed by atoms with van der Waals surface area (Å²) in [4.78, 5) is 28.7. The number of rotatable bonds is 3. The summed E-state index contributed by atoms with van der Waals surface area (Å²) in [5.74, 6) is 0.00926. The Balaban J connectivity index is 0.000000188. The van der Waals surface area contributed by atoms with Crippen molar-refractivity contribution in [2.24, 2.45) is 10.7 Å². The van der Waals surface area contributed by atoms with Crippen molar-refractivity contribution in [3.8, 4) is 0 Å². The van der Waals surface area contributed by atoms with Crippen molar-refractivity contribution < 1.29 is 9.59 Å². The minimum absolute atomic E-state index is 0.00926. The third-order valence-corrected chi connectivity index (χ3v) is 4.88. The van der Waals surface area contributed by atoms with Gasteiger partial charge in [0.05, 0.1) is 12.0 Å². The van der Waals surface area contributed by atoms with Gasteiger partial charge in [0.2, 0.25) is 0 Å². The van der Waals surface area contributed by atoms with Gasteiger partial charge < -0.3 is 20.7 Å². The van der Waals surface area contributed by atoms with E-state index < -0.39 is 0 Å². The van der Waals surface area contributed by atoms with Gasteiger partial charge >= 0.3 is 0 Å². The Morgan fingerprint density at radius 3 is 2.59 bits per heavy atom. The fourth-order valence-corrected chi connectivity index (χ4v) is 3.43. The molecule has 2 aliphatic heterocycles. The average Bonchev–Trinajstić information content (AvgIpc) is 3.03. The van der Waals surface area contributed by atoms with Crippen molar-refractivity contribution in [1.82, 2.24) is 0 Å². The number of carbonyl (C=O) groups is 2. The van der Waals surface area contributed by atoms with Crippen LogP contribution in [0.1, 0.15) is 27.5 Å². The second-order valence-electron chi connectivity index (χ2n) is 6.66. The minimum Gasteiger partial charge on any atom is -0.326 e. The highest BCUT2D eigenvalue weighted by atomic mass is 16.1. The lowest BCUT2D eigenvalue weighted by Gasteiger charge is -2.31. The monoisotopic (exact) mass is 384 g/mol. The number of aliphatic imine (C=N–C) groups is 1. The standard InChI is InChI=1S/C16H15N3O.C7H5NO/c17-9-12-5-1-4-8-15(12)19-11-18-14-7-3-2-6-13(14)16(19)10-20;9-7-5-2-1-3-6(4-5)8-7/h1-8,10-11,16H,9,17H2;1-4H,(H,8,9). The summed E-state index contributed by atoms with van der Waals surface area (Å²) >= 11 is 0. The van der Waals surface area contributed by atoms with Gasteiger partial charge in [0.1, 0.15) is 12.3 Å². The molecule has 5 rings (SSSR count). The molecule has 1 unspecified atom stereocenters. The van der Waals surface area contributed by atoms with Crippen molar-refractivity contribution in [1.29, 1.82) is 0 Å². The number of para-hydroxylation sites is 2. The van der Waals surface area contributed by atoms with Crippen molar-refractivity contribution in [2.45, 2.75) is 12.6 Å². The maximum atomic E-state index is 11.6. The van der Waals surface area contributed by atoms with Crippen LogP contribution < -0.4 is 16.0 Å². The van der Waals surface area contributed by atoms with E-state index in [-0.39, 0.29) is 11.9 Å². The second kappa shape index (κ2) is 8.08. The summed E-state index contributed by atoms with van der Waals surface area (Å²) in [6, 6.07) is 22.5. The normalized spacial score (nSPS) is 15.8. The summed E-state index contributed by atoms with van der Waals surface area (Å²) in [6.45, 7) is 0.424. The van der Waals surface area contributed by atoms with E-state index in [0.717, 1.165) is 40.0 Å². The number of fused-ring (bicyclic) bond motifs is 3. The van der Waals surface area contributed by atoms with Crippen LogP contribution in [-0.4, -0.2) is 18.5 Å². The third kappa shape index (κ3) is 3.66. The number of nitrogens with zero attached hydrogens (tertiary/aromatic N) is 2. The zero-order valence-corrected chi connectivity index (χ0v) is 15.7. The molecule has 0 spiro atoms. The molecule has 0 radical (unpaired) electrons. The van der Waals surface area contributed by atoms with Gasteiger partial charge in [-0.2, -0.15) is 0 Å². The van der Waals surface area contributed by atoms with E-state index in [1.807, 2.05) is 71.6 Å². The molecule has 3 aromatic carbocycles. The molecule has 0 saturated carbocycles. The first-order valence-electron chi connectivity index (χ1n) is 9.27. The van der Waals surface area contributed by atoms with Crippen molar-refractivity contribution in [2.75, 3.05) is 10.2 Å². The number of anilines is 2. The molecule has 2 heterocycles. The largest absolute Gasteiger partial charge is 0.326 e. The van der Waals surface area contributed by atoms with Gasteiger partial charge in [-0.1, -0.05) is 42.5 Å². The molecule has 6 nitrogen and oxygen atoms in total. The molecule has 3 N–H and O–H groups in total. The zero-order valence-electron chi connectivity index (χ0n) is 15.7. The molecule has 29 heavy (non-hydrogen) atoms. The lowest BCUT2D eigenvalue weighted by Crippen LogP contribution is -2.31. The van der Waals surface area contributed by atoms with Crippen LogP contribution in [0.5, 0.6) is 0 Å². The fourth-order valence-electron chi connectivity index (χ4n) is 3.43. The van der Waals surface area contributed by atoms with Gasteiger partial charge in [0, 0.05) is 29.0 Å². The number of hydrogen-bond donors (Lipinski definition) is 2. The molecule has 3 aromatic rings. The highest BCUT2D eigenvalue weighted by Crippen LogP contribution is 2.35. The van der Waals surface area contributed by atoms with Crippen LogP contribution in [0.25, 0.3) is 0 Å². The molecular formula is C23H20N4O2. The Kier molecular flexibility index (Phi) is 5.18.